The molecule has 20 heavy (non-hydrogen) atoms. The van der Waals surface area contributed by atoms with Gasteiger partial charge in [-0.25, -0.2) is 13.9 Å². The molecule has 0 unspecified atom stereocenters. The topological polar surface area (TPSA) is 75.4 Å². The fourth-order valence-electron chi connectivity index (χ4n) is 1.71. The van der Waals surface area contributed by atoms with E-state index in [1.54, 1.807) is 14.1 Å². The van der Waals surface area contributed by atoms with Crippen LogP contribution in [0.15, 0.2) is 30.5 Å². The van der Waals surface area contributed by atoms with E-state index in [9.17, 15) is 14.0 Å². The number of para-hydroxylation sites is 1. The molecular weight excluding hydrogens is 265 g/mol. The Morgan fingerprint density at radius 3 is 2.60 bits per heavy atom. The van der Waals surface area contributed by atoms with E-state index in [1.165, 1.54) is 29.3 Å². The van der Waals surface area contributed by atoms with Crippen molar-refractivity contribution >= 4 is 11.9 Å². The Bertz CT molecular complexity index is 679. The molecule has 0 saturated carbocycles. The SMILES string of the molecule is CN(C)C(=O)c1ccn(-c2c(F)cccc2C(=O)O)n1. The van der Waals surface area contributed by atoms with E-state index in [0.29, 0.717) is 0 Å². The lowest BCUT2D eigenvalue weighted by molar-refractivity contribution is 0.0696. The summed E-state index contributed by atoms with van der Waals surface area (Å²) in [7, 11) is 3.13. The van der Waals surface area contributed by atoms with Crippen LogP contribution in [0.25, 0.3) is 5.69 Å². The Balaban J connectivity index is 2.53. The molecule has 104 valence electrons. The second kappa shape index (κ2) is 5.12. The molecule has 0 saturated heterocycles. The van der Waals surface area contributed by atoms with Crippen LogP contribution in [0, 0.1) is 5.82 Å². The summed E-state index contributed by atoms with van der Waals surface area (Å²) in [6.45, 7) is 0. The molecule has 2 rings (SSSR count). The monoisotopic (exact) mass is 277 g/mol. The molecule has 0 radical (unpaired) electrons. The summed E-state index contributed by atoms with van der Waals surface area (Å²) in [6.07, 6.45) is 1.35. The highest BCUT2D eigenvalue weighted by Crippen LogP contribution is 2.18. The van der Waals surface area contributed by atoms with Crippen LogP contribution in [0.3, 0.4) is 0 Å². The number of hydrogen-bond donors (Lipinski definition) is 1. The standard InChI is InChI=1S/C13H12FN3O3/c1-16(2)12(18)10-6-7-17(15-10)11-8(13(19)20)4-3-5-9(11)14/h3-7H,1-2H3,(H,19,20). The number of hydrogen-bond acceptors (Lipinski definition) is 3. The van der Waals surface area contributed by atoms with E-state index < -0.39 is 11.8 Å². The molecule has 0 fully saturated rings. The molecule has 1 aromatic carbocycles. The maximum Gasteiger partial charge on any atom is 0.338 e. The zero-order valence-electron chi connectivity index (χ0n) is 10.9. The Morgan fingerprint density at radius 1 is 1.30 bits per heavy atom. The van der Waals surface area contributed by atoms with Gasteiger partial charge >= 0.3 is 5.97 Å². The quantitative estimate of drug-likeness (QED) is 0.920. The summed E-state index contributed by atoms with van der Waals surface area (Å²) in [5.74, 6) is -2.34. The van der Waals surface area contributed by atoms with Crippen LogP contribution in [0.4, 0.5) is 4.39 Å². The number of carboxylic acids is 1. The number of aromatic carboxylic acids is 1. The first-order valence-corrected chi connectivity index (χ1v) is 5.71. The van der Waals surface area contributed by atoms with E-state index in [1.807, 2.05) is 0 Å². The third kappa shape index (κ3) is 2.37. The fraction of sp³-hybridized carbons (Fsp3) is 0.154. The third-order valence-electron chi connectivity index (χ3n) is 2.66. The molecule has 2 aromatic rings. The van der Waals surface area contributed by atoms with Crippen LogP contribution in [0.1, 0.15) is 20.8 Å². The number of carbonyl (C=O) groups excluding carboxylic acids is 1. The molecular formula is C13H12FN3O3. The van der Waals surface area contributed by atoms with Gasteiger partial charge in [-0.3, -0.25) is 4.79 Å². The summed E-state index contributed by atoms with van der Waals surface area (Å²) in [4.78, 5) is 24.2. The van der Waals surface area contributed by atoms with Crippen molar-refractivity contribution < 1.29 is 19.1 Å². The van der Waals surface area contributed by atoms with Gasteiger partial charge in [-0.2, -0.15) is 5.10 Å². The summed E-state index contributed by atoms with van der Waals surface area (Å²) >= 11 is 0. The first-order valence-electron chi connectivity index (χ1n) is 5.71. The largest absolute Gasteiger partial charge is 0.478 e. The zero-order chi connectivity index (χ0) is 14.9. The van der Waals surface area contributed by atoms with Gasteiger partial charge in [0.25, 0.3) is 5.91 Å². The number of carbonyl (C=O) groups is 2. The molecule has 0 bridgehead atoms. The minimum absolute atomic E-state index is 0.106. The van der Waals surface area contributed by atoms with Crippen molar-refractivity contribution in [2.75, 3.05) is 14.1 Å². The molecule has 0 aliphatic heterocycles. The normalized spacial score (nSPS) is 10.3. The molecule has 0 atom stereocenters. The van der Waals surface area contributed by atoms with Gasteiger partial charge in [0.15, 0.2) is 5.69 Å². The van der Waals surface area contributed by atoms with Gasteiger partial charge in [0, 0.05) is 20.3 Å². The van der Waals surface area contributed by atoms with Crippen LogP contribution in [0.5, 0.6) is 0 Å². The highest BCUT2D eigenvalue weighted by atomic mass is 19.1. The summed E-state index contributed by atoms with van der Waals surface area (Å²) in [5.41, 5.74) is -0.315. The van der Waals surface area contributed by atoms with Crippen molar-refractivity contribution in [3.05, 3.63) is 47.5 Å². The average Bonchev–Trinajstić information content (AvgIpc) is 2.86. The zero-order valence-corrected chi connectivity index (χ0v) is 10.9. The van der Waals surface area contributed by atoms with Gasteiger partial charge in [0.1, 0.15) is 11.5 Å². The van der Waals surface area contributed by atoms with Crippen LogP contribution >= 0.6 is 0 Å². The van der Waals surface area contributed by atoms with Gasteiger partial charge in [-0.15, -0.1) is 0 Å². The molecule has 1 amide bonds. The minimum atomic E-state index is -1.27. The first kappa shape index (κ1) is 13.7. The first-order chi connectivity index (χ1) is 9.41. The van der Waals surface area contributed by atoms with E-state index in [0.717, 1.165) is 10.7 Å². The Morgan fingerprint density at radius 2 is 2.00 bits per heavy atom. The smallest absolute Gasteiger partial charge is 0.338 e. The Kier molecular flexibility index (Phi) is 3.51. The highest BCUT2D eigenvalue weighted by Gasteiger charge is 2.19. The second-order valence-electron chi connectivity index (χ2n) is 4.29. The number of rotatable bonds is 3. The molecule has 1 aromatic heterocycles. The van der Waals surface area contributed by atoms with Crippen molar-refractivity contribution in [3.8, 4) is 5.69 Å². The maximum absolute atomic E-state index is 13.8. The predicted octanol–water partition coefficient (Wildman–Crippen LogP) is 1.41. The van der Waals surface area contributed by atoms with Gasteiger partial charge in [0.2, 0.25) is 0 Å². The van der Waals surface area contributed by atoms with Crippen LogP contribution in [0.2, 0.25) is 0 Å². The summed E-state index contributed by atoms with van der Waals surface area (Å²) in [6, 6.07) is 5.12. The van der Waals surface area contributed by atoms with E-state index >= 15 is 0 Å². The molecule has 1 N–H and O–H groups in total. The lowest BCUT2D eigenvalue weighted by Crippen LogP contribution is -2.22. The third-order valence-corrected chi connectivity index (χ3v) is 2.66. The number of aromatic nitrogens is 2. The van der Waals surface area contributed by atoms with Crippen LogP contribution in [-0.4, -0.2) is 45.8 Å². The number of halogens is 1. The van der Waals surface area contributed by atoms with Crippen molar-refractivity contribution in [2.24, 2.45) is 0 Å². The molecule has 0 aliphatic rings. The lowest BCUT2D eigenvalue weighted by Gasteiger charge is -2.08. The van der Waals surface area contributed by atoms with Crippen molar-refractivity contribution in [3.63, 3.8) is 0 Å². The van der Waals surface area contributed by atoms with Gasteiger partial charge in [-0.05, 0) is 18.2 Å². The van der Waals surface area contributed by atoms with E-state index in [-0.39, 0.29) is 22.9 Å². The summed E-state index contributed by atoms with van der Waals surface area (Å²) < 4.78 is 14.9. The number of nitrogens with zero attached hydrogens (tertiary/aromatic N) is 3. The Labute approximate surface area is 114 Å². The number of carboxylic acid groups (broad SMARTS) is 1. The second-order valence-corrected chi connectivity index (χ2v) is 4.29. The summed E-state index contributed by atoms with van der Waals surface area (Å²) in [5, 5.41) is 13.0. The molecule has 1 heterocycles. The Hall–Kier alpha value is -2.70. The lowest BCUT2D eigenvalue weighted by atomic mass is 10.1. The molecule has 0 spiro atoms. The van der Waals surface area contributed by atoms with Crippen molar-refractivity contribution in [2.45, 2.75) is 0 Å². The highest BCUT2D eigenvalue weighted by molar-refractivity contribution is 5.93. The van der Waals surface area contributed by atoms with Crippen molar-refractivity contribution in [1.82, 2.24) is 14.7 Å². The molecule has 7 heteroatoms. The molecule has 6 nitrogen and oxygen atoms in total. The van der Waals surface area contributed by atoms with E-state index in [2.05, 4.69) is 5.10 Å². The van der Waals surface area contributed by atoms with Crippen molar-refractivity contribution in [1.29, 1.82) is 0 Å². The van der Waals surface area contributed by atoms with Crippen LogP contribution < -0.4 is 0 Å². The fourth-order valence-corrected chi connectivity index (χ4v) is 1.71. The van der Waals surface area contributed by atoms with E-state index in [4.69, 9.17) is 5.11 Å². The van der Waals surface area contributed by atoms with Gasteiger partial charge in [-0.1, -0.05) is 6.07 Å². The van der Waals surface area contributed by atoms with Gasteiger partial charge < -0.3 is 10.0 Å². The number of amides is 1. The minimum Gasteiger partial charge on any atom is -0.478 e. The van der Waals surface area contributed by atoms with Gasteiger partial charge in [0.05, 0.1) is 5.56 Å². The number of benzene rings is 1. The maximum atomic E-state index is 13.8. The van der Waals surface area contributed by atoms with Crippen LogP contribution in [-0.2, 0) is 0 Å². The average molecular weight is 277 g/mol. The predicted molar refractivity (Wildman–Crippen MR) is 68.5 cm³/mol. The molecule has 0 aliphatic carbocycles.